The molecule has 2 aromatic heterocycles. The third-order valence-corrected chi connectivity index (χ3v) is 6.61. The van der Waals surface area contributed by atoms with Gasteiger partial charge in [-0.2, -0.15) is 0 Å². The zero-order chi connectivity index (χ0) is 16.6. The van der Waals surface area contributed by atoms with Crippen LogP contribution in [0.4, 0.5) is 0 Å². The lowest BCUT2D eigenvalue weighted by molar-refractivity contribution is -0.121. The number of hydrogen-bond donors (Lipinski definition) is 1. The standard InChI is InChI=1S/C18H15BrN2OS2/c19-13-5-3-12(4-6-13)18(7-8-18)21-16(22)10-14-11-24-17(20-14)15-2-1-9-23-15/h1-6,9,11H,7-8,10H2,(H,21,22). The number of amides is 1. The Bertz CT molecular complexity index is 852. The highest BCUT2D eigenvalue weighted by Gasteiger charge is 2.45. The van der Waals surface area contributed by atoms with Gasteiger partial charge < -0.3 is 5.32 Å². The zero-order valence-corrected chi connectivity index (χ0v) is 16.0. The number of carbonyl (C=O) groups is 1. The van der Waals surface area contributed by atoms with Crippen molar-refractivity contribution in [2.75, 3.05) is 0 Å². The predicted octanol–water partition coefficient (Wildman–Crippen LogP) is 4.98. The van der Waals surface area contributed by atoms with E-state index in [0.717, 1.165) is 32.9 Å². The van der Waals surface area contributed by atoms with E-state index in [9.17, 15) is 4.79 Å². The van der Waals surface area contributed by atoms with Gasteiger partial charge in [-0.25, -0.2) is 4.98 Å². The number of benzene rings is 1. The largest absolute Gasteiger partial charge is 0.346 e. The molecule has 1 aliphatic carbocycles. The number of rotatable bonds is 5. The molecule has 1 fully saturated rings. The van der Waals surface area contributed by atoms with Gasteiger partial charge in [0.2, 0.25) is 5.91 Å². The minimum atomic E-state index is -0.176. The van der Waals surface area contributed by atoms with E-state index in [1.165, 1.54) is 5.56 Å². The Morgan fingerprint density at radius 1 is 1.21 bits per heavy atom. The predicted molar refractivity (Wildman–Crippen MR) is 102 cm³/mol. The van der Waals surface area contributed by atoms with Crippen LogP contribution in [0.1, 0.15) is 24.1 Å². The molecule has 6 heteroatoms. The Morgan fingerprint density at radius 3 is 2.67 bits per heavy atom. The van der Waals surface area contributed by atoms with Gasteiger partial charge in [0.15, 0.2) is 0 Å². The topological polar surface area (TPSA) is 42.0 Å². The summed E-state index contributed by atoms with van der Waals surface area (Å²) in [6.45, 7) is 0. The first-order chi connectivity index (χ1) is 11.6. The molecule has 24 heavy (non-hydrogen) atoms. The number of thiophene rings is 1. The minimum Gasteiger partial charge on any atom is -0.346 e. The Balaban J connectivity index is 1.43. The molecule has 1 saturated carbocycles. The van der Waals surface area contributed by atoms with Gasteiger partial charge in [-0.1, -0.05) is 34.1 Å². The van der Waals surface area contributed by atoms with Crippen molar-refractivity contribution >= 4 is 44.5 Å². The number of nitrogens with zero attached hydrogens (tertiary/aromatic N) is 1. The van der Waals surface area contributed by atoms with Gasteiger partial charge in [-0.05, 0) is 42.0 Å². The van der Waals surface area contributed by atoms with E-state index in [1.54, 1.807) is 22.7 Å². The van der Waals surface area contributed by atoms with Crippen molar-refractivity contribution in [2.24, 2.45) is 0 Å². The molecule has 0 bridgehead atoms. The molecule has 0 saturated heterocycles. The van der Waals surface area contributed by atoms with Crippen LogP contribution in [0.2, 0.25) is 0 Å². The van der Waals surface area contributed by atoms with E-state index in [4.69, 9.17) is 0 Å². The van der Waals surface area contributed by atoms with Crippen molar-refractivity contribution in [3.63, 3.8) is 0 Å². The van der Waals surface area contributed by atoms with E-state index < -0.39 is 0 Å². The highest BCUT2D eigenvalue weighted by Crippen LogP contribution is 2.45. The van der Waals surface area contributed by atoms with E-state index in [-0.39, 0.29) is 11.4 Å². The number of hydrogen-bond acceptors (Lipinski definition) is 4. The van der Waals surface area contributed by atoms with E-state index >= 15 is 0 Å². The van der Waals surface area contributed by atoms with Crippen molar-refractivity contribution in [2.45, 2.75) is 24.8 Å². The number of carbonyl (C=O) groups excluding carboxylic acids is 1. The molecule has 122 valence electrons. The molecule has 0 aliphatic heterocycles. The summed E-state index contributed by atoms with van der Waals surface area (Å²) in [5.74, 6) is 0.0402. The van der Waals surface area contributed by atoms with Gasteiger partial charge in [0.1, 0.15) is 5.01 Å². The van der Waals surface area contributed by atoms with Crippen LogP contribution in [0.5, 0.6) is 0 Å². The van der Waals surface area contributed by atoms with Crippen molar-refractivity contribution in [1.82, 2.24) is 10.3 Å². The number of nitrogens with one attached hydrogen (secondary N) is 1. The summed E-state index contributed by atoms with van der Waals surface area (Å²) in [6.07, 6.45) is 2.33. The molecule has 1 aliphatic rings. The maximum atomic E-state index is 12.5. The normalized spacial score (nSPS) is 15.2. The van der Waals surface area contributed by atoms with Crippen molar-refractivity contribution < 1.29 is 4.79 Å². The first-order valence-corrected chi connectivity index (χ1v) is 10.3. The molecule has 0 unspecified atom stereocenters. The van der Waals surface area contributed by atoms with Crippen LogP contribution < -0.4 is 5.32 Å². The van der Waals surface area contributed by atoms with Crippen molar-refractivity contribution in [1.29, 1.82) is 0 Å². The zero-order valence-electron chi connectivity index (χ0n) is 12.8. The first-order valence-electron chi connectivity index (χ1n) is 7.70. The third kappa shape index (κ3) is 3.31. The monoisotopic (exact) mass is 418 g/mol. The number of halogens is 1. The average Bonchev–Trinajstić information content (AvgIpc) is 3.00. The molecular weight excluding hydrogens is 404 g/mol. The molecule has 2 heterocycles. The van der Waals surface area contributed by atoms with Crippen LogP contribution in [0.25, 0.3) is 9.88 Å². The molecule has 1 N–H and O–H groups in total. The Hall–Kier alpha value is -1.50. The summed E-state index contributed by atoms with van der Waals surface area (Å²) >= 11 is 6.72. The van der Waals surface area contributed by atoms with Gasteiger partial charge in [0.05, 0.1) is 22.5 Å². The van der Waals surface area contributed by atoms with Crippen LogP contribution in [-0.4, -0.2) is 10.9 Å². The Morgan fingerprint density at radius 2 is 2.00 bits per heavy atom. The quantitative estimate of drug-likeness (QED) is 0.634. The first kappa shape index (κ1) is 16.0. The van der Waals surface area contributed by atoms with Gasteiger partial charge >= 0.3 is 0 Å². The molecule has 0 spiro atoms. The lowest BCUT2D eigenvalue weighted by Gasteiger charge is -2.17. The average molecular weight is 419 g/mol. The second-order valence-corrected chi connectivity index (χ2v) is 8.66. The van der Waals surface area contributed by atoms with Gasteiger partial charge in [-0.15, -0.1) is 22.7 Å². The molecule has 1 amide bonds. The Labute approximate surface area is 156 Å². The van der Waals surface area contributed by atoms with E-state index in [1.807, 2.05) is 29.0 Å². The minimum absolute atomic E-state index is 0.0402. The lowest BCUT2D eigenvalue weighted by Crippen LogP contribution is -2.35. The maximum absolute atomic E-state index is 12.5. The third-order valence-electron chi connectivity index (χ3n) is 4.15. The smallest absolute Gasteiger partial charge is 0.226 e. The molecule has 1 aromatic carbocycles. The SMILES string of the molecule is O=C(Cc1csc(-c2cccs2)n1)NC1(c2ccc(Br)cc2)CC1. The van der Waals surface area contributed by atoms with Gasteiger partial charge in [0, 0.05) is 9.85 Å². The molecule has 4 rings (SSSR count). The second-order valence-electron chi connectivity index (χ2n) is 5.94. The summed E-state index contributed by atoms with van der Waals surface area (Å²) in [4.78, 5) is 18.2. The summed E-state index contributed by atoms with van der Waals surface area (Å²) in [7, 11) is 0. The van der Waals surface area contributed by atoms with Crippen molar-refractivity contribution in [3.05, 3.63) is 62.9 Å². The molecular formula is C18H15BrN2OS2. The summed E-state index contributed by atoms with van der Waals surface area (Å²) < 4.78 is 1.05. The van der Waals surface area contributed by atoms with Crippen LogP contribution >= 0.6 is 38.6 Å². The number of aromatic nitrogens is 1. The fourth-order valence-corrected chi connectivity index (χ4v) is 4.66. The molecule has 3 nitrogen and oxygen atoms in total. The molecule has 3 aromatic rings. The molecule has 0 atom stereocenters. The summed E-state index contributed by atoms with van der Waals surface area (Å²) in [5.41, 5.74) is 1.84. The van der Waals surface area contributed by atoms with Crippen molar-refractivity contribution in [3.8, 4) is 9.88 Å². The van der Waals surface area contributed by atoms with Gasteiger partial charge in [-0.3, -0.25) is 4.79 Å². The van der Waals surface area contributed by atoms with Crippen LogP contribution in [0.3, 0.4) is 0 Å². The summed E-state index contributed by atoms with van der Waals surface area (Å²) in [6, 6.07) is 12.3. The molecule has 0 radical (unpaired) electrons. The van der Waals surface area contributed by atoms with Crippen LogP contribution in [0, 0.1) is 0 Å². The van der Waals surface area contributed by atoms with E-state index in [0.29, 0.717) is 6.42 Å². The fourth-order valence-electron chi connectivity index (χ4n) is 2.76. The second kappa shape index (κ2) is 6.43. The van der Waals surface area contributed by atoms with Crippen LogP contribution in [-0.2, 0) is 16.8 Å². The number of thiazole rings is 1. The highest BCUT2D eigenvalue weighted by atomic mass is 79.9. The van der Waals surface area contributed by atoms with Crippen LogP contribution in [0.15, 0.2) is 51.6 Å². The van der Waals surface area contributed by atoms with Gasteiger partial charge in [0.25, 0.3) is 0 Å². The maximum Gasteiger partial charge on any atom is 0.226 e. The Kier molecular flexibility index (Phi) is 4.28. The fraction of sp³-hybridized carbons (Fsp3) is 0.222. The van der Waals surface area contributed by atoms with E-state index in [2.05, 4.69) is 44.4 Å². The summed E-state index contributed by atoms with van der Waals surface area (Å²) in [5, 5.41) is 8.22. The highest BCUT2D eigenvalue weighted by molar-refractivity contribution is 9.10. The lowest BCUT2D eigenvalue weighted by atomic mass is 10.0.